The van der Waals surface area contributed by atoms with Crippen molar-refractivity contribution in [1.29, 1.82) is 0 Å². The molecule has 146 valence electrons. The maximum Gasteiger partial charge on any atom is 0.336 e. The Morgan fingerprint density at radius 1 is 1.07 bits per heavy atom. The first-order valence-electron chi connectivity index (χ1n) is 9.39. The molecule has 28 heavy (non-hydrogen) atoms. The van der Waals surface area contributed by atoms with Gasteiger partial charge in [0.25, 0.3) is 0 Å². The van der Waals surface area contributed by atoms with Crippen molar-refractivity contribution < 1.29 is 18.7 Å². The van der Waals surface area contributed by atoms with Crippen LogP contribution in [-0.2, 0) is 22.6 Å². The van der Waals surface area contributed by atoms with Crippen LogP contribution in [0.15, 0.2) is 51.7 Å². The third kappa shape index (κ3) is 4.42. The molecule has 0 fully saturated rings. The van der Waals surface area contributed by atoms with Crippen LogP contribution in [0.2, 0.25) is 0 Å². The van der Waals surface area contributed by atoms with E-state index >= 15 is 0 Å². The van der Waals surface area contributed by atoms with Crippen LogP contribution in [0, 0.1) is 13.8 Å². The number of hydrogen-bond donors (Lipinski definition) is 0. The highest BCUT2D eigenvalue weighted by molar-refractivity contribution is 5.84. The van der Waals surface area contributed by atoms with E-state index < -0.39 is 5.63 Å². The molecule has 1 aromatic heterocycles. The summed E-state index contributed by atoms with van der Waals surface area (Å²) in [4.78, 5) is 24.1. The van der Waals surface area contributed by atoms with Gasteiger partial charge >= 0.3 is 11.6 Å². The molecule has 0 unspecified atom stereocenters. The molecule has 3 rings (SSSR count). The third-order valence-electron chi connectivity index (χ3n) is 4.78. The molecule has 1 heterocycles. The molecule has 0 atom stereocenters. The number of benzene rings is 2. The van der Waals surface area contributed by atoms with Gasteiger partial charge < -0.3 is 13.9 Å². The van der Waals surface area contributed by atoms with E-state index in [4.69, 9.17) is 13.9 Å². The van der Waals surface area contributed by atoms with Gasteiger partial charge in [0.1, 0.15) is 17.9 Å². The van der Waals surface area contributed by atoms with Crippen molar-refractivity contribution in [3.63, 3.8) is 0 Å². The summed E-state index contributed by atoms with van der Waals surface area (Å²) < 4.78 is 16.4. The zero-order valence-corrected chi connectivity index (χ0v) is 16.4. The van der Waals surface area contributed by atoms with E-state index in [0.29, 0.717) is 24.2 Å². The lowest BCUT2D eigenvalue weighted by atomic mass is 10.0. The Balaban J connectivity index is 1.69. The fraction of sp³-hybridized carbons (Fsp3) is 0.304. The number of hydrogen-bond acceptors (Lipinski definition) is 5. The second-order valence-electron chi connectivity index (χ2n) is 6.68. The summed E-state index contributed by atoms with van der Waals surface area (Å²) in [6.45, 7) is 6.41. The highest BCUT2D eigenvalue weighted by atomic mass is 16.5. The Morgan fingerprint density at radius 2 is 1.86 bits per heavy atom. The minimum absolute atomic E-state index is 0.0382. The van der Waals surface area contributed by atoms with Crippen molar-refractivity contribution in [2.75, 3.05) is 6.61 Å². The van der Waals surface area contributed by atoms with Gasteiger partial charge in [0.05, 0.1) is 6.61 Å². The van der Waals surface area contributed by atoms with Crippen molar-refractivity contribution in [3.8, 4) is 5.75 Å². The number of esters is 1. The van der Waals surface area contributed by atoms with E-state index in [0.717, 1.165) is 27.8 Å². The maximum absolute atomic E-state index is 12.2. The van der Waals surface area contributed by atoms with Crippen LogP contribution in [0.25, 0.3) is 11.0 Å². The summed E-state index contributed by atoms with van der Waals surface area (Å²) in [6, 6.07) is 12.9. The van der Waals surface area contributed by atoms with Gasteiger partial charge in [0, 0.05) is 23.4 Å². The number of ether oxygens (including phenoxy) is 2. The second kappa shape index (κ2) is 8.74. The first kappa shape index (κ1) is 19.7. The largest absolute Gasteiger partial charge is 0.494 e. The smallest absolute Gasteiger partial charge is 0.336 e. The average molecular weight is 380 g/mol. The first-order chi connectivity index (χ1) is 13.5. The summed E-state index contributed by atoms with van der Waals surface area (Å²) in [5.41, 5.74) is 3.67. The van der Waals surface area contributed by atoms with Crippen molar-refractivity contribution in [2.24, 2.45) is 0 Å². The zero-order chi connectivity index (χ0) is 20.1. The number of carbonyl (C=O) groups is 1. The van der Waals surface area contributed by atoms with E-state index in [1.54, 1.807) is 0 Å². The number of fused-ring (bicyclic) bond motifs is 1. The van der Waals surface area contributed by atoms with Gasteiger partial charge in [-0.2, -0.15) is 0 Å². The van der Waals surface area contributed by atoms with Crippen molar-refractivity contribution in [1.82, 2.24) is 0 Å². The van der Waals surface area contributed by atoms with Gasteiger partial charge in [-0.05, 0) is 49.9 Å². The fourth-order valence-electron chi connectivity index (χ4n) is 3.12. The lowest BCUT2D eigenvalue weighted by molar-refractivity contribution is -0.144. The van der Waals surface area contributed by atoms with Crippen LogP contribution < -0.4 is 10.4 Å². The molecular formula is C23H24O5. The molecule has 0 spiro atoms. The molecule has 0 saturated heterocycles. The minimum atomic E-state index is -0.446. The van der Waals surface area contributed by atoms with Crippen LogP contribution >= 0.6 is 0 Å². The lowest BCUT2D eigenvalue weighted by Gasteiger charge is -2.11. The molecule has 3 aromatic rings. The van der Waals surface area contributed by atoms with Crippen LogP contribution in [0.4, 0.5) is 0 Å². The van der Waals surface area contributed by atoms with Crippen molar-refractivity contribution in [2.45, 2.75) is 40.2 Å². The molecule has 0 radical (unpaired) electrons. The molecule has 5 nitrogen and oxygen atoms in total. The van der Waals surface area contributed by atoms with E-state index in [-0.39, 0.29) is 19.0 Å². The van der Waals surface area contributed by atoms with Crippen LogP contribution in [0.1, 0.15) is 35.6 Å². The summed E-state index contributed by atoms with van der Waals surface area (Å²) in [7, 11) is 0. The summed E-state index contributed by atoms with van der Waals surface area (Å²) in [5, 5.41) is 0.789. The first-order valence-corrected chi connectivity index (χ1v) is 9.39. The van der Waals surface area contributed by atoms with Gasteiger partial charge in [-0.3, -0.25) is 4.79 Å². The Morgan fingerprint density at radius 3 is 2.64 bits per heavy atom. The molecule has 0 aliphatic rings. The number of aryl methyl sites for hydroxylation is 3. The molecule has 5 heteroatoms. The summed E-state index contributed by atoms with van der Waals surface area (Å²) in [5.74, 6) is 0.465. The molecule has 0 amide bonds. The SMILES string of the molecule is CCOc1ccccc1CCC(=O)OCc1cc(=O)oc2c(C)c(C)ccc12. The van der Waals surface area contributed by atoms with Crippen LogP contribution in [-0.4, -0.2) is 12.6 Å². The maximum atomic E-state index is 12.2. The Hall–Kier alpha value is -3.08. The highest BCUT2D eigenvalue weighted by Gasteiger charge is 2.12. The van der Waals surface area contributed by atoms with Gasteiger partial charge in [0.2, 0.25) is 0 Å². The second-order valence-corrected chi connectivity index (χ2v) is 6.68. The van der Waals surface area contributed by atoms with Crippen molar-refractivity contribution >= 4 is 16.9 Å². The predicted octanol–water partition coefficient (Wildman–Crippen LogP) is 4.48. The van der Waals surface area contributed by atoms with Gasteiger partial charge in [-0.25, -0.2) is 4.79 Å². The number of para-hydroxylation sites is 1. The Bertz CT molecular complexity index is 1050. The fourth-order valence-corrected chi connectivity index (χ4v) is 3.12. The molecule has 0 saturated carbocycles. The van der Waals surface area contributed by atoms with Gasteiger partial charge in [-0.15, -0.1) is 0 Å². The minimum Gasteiger partial charge on any atom is -0.494 e. The quantitative estimate of drug-likeness (QED) is 0.446. The summed E-state index contributed by atoms with van der Waals surface area (Å²) in [6.07, 6.45) is 0.770. The van der Waals surface area contributed by atoms with E-state index in [1.807, 2.05) is 57.2 Å². The monoisotopic (exact) mass is 380 g/mol. The number of rotatable bonds is 7. The molecule has 0 aliphatic heterocycles. The standard InChI is InChI=1S/C23H24O5/c1-4-26-20-8-6-5-7-17(20)10-12-21(24)27-14-18-13-22(25)28-23-16(3)15(2)9-11-19(18)23/h5-9,11,13H,4,10,12,14H2,1-3H3. The van der Waals surface area contributed by atoms with Gasteiger partial charge in [-0.1, -0.05) is 30.3 Å². The van der Waals surface area contributed by atoms with Gasteiger partial charge in [0.15, 0.2) is 0 Å². The van der Waals surface area contributed by atoms with E-state index in [9.17, 15) is 9.59 Å². The number of carbonyl (C=O) groups excluding carboxylic acids is 1. The average Bonchev–Trinajstić information content (AvgIpc) is 2.69. The zero-order valence-electron chi connectivity index (χ0n) is 16.4. The Labute approximate surface area is 163 Å². The van der Waals surface area contributed by atoms with Crippen LogP contribution in [0.3, 0.4) is 0 Å². The third-order valence-corrected chi connectivity index (χ3v) is 4.78. The molecule has 0 bridgehead atoms. The predicted molar refractivity (Wildman–Crippen MR) is 108 cm³/mol. The Kier molecular flexibility index (Phi) is 6.14. The molecular weight excluding hydrogens is 356 g/mol. The molecule has 0 aliphatic carbocycles. The highest BCUT2D eigenvalue weighted by Crippen LogP contribution is 2.24. The molecule has 2 aromatic carbocycles. The molecule has 0 N–H and O–H groups in total. The van der Waals surface area contributed by atoms with E-state index in [1.165, 1.54) is 6.07 Å². The lowest BCUT2D eigenvalue weighted by Crippen LogP contribution is -2.09. The van der Waals surface area contributed by atoms with Crippen LogP contribution in [0.5, 0.6) is 5.75 Å². The normalized spacial score (nSPS) is 10.8. The topological polar surface area (TPSA) is 65.7 Å². The van der Waals surface area contributed by atoms with E-state index in [2.05, 4.69) is 0 Å². The van der Waals surface area contributed by atoms with Crippen molar-refractivity contribution in [3.05, 3.63) is 75.1 Å². The summed E-state index contributed by atoms with van der Waals surface area (Å²) >= 11 is 0.